The van der Waals surface area contributed by atoms with Gasteiger partial charge in [0.25, 0.3) is 0 Å². The lowest BCUT2D eigenvalue weighted by molar-refractivity contribution is -0.121. The van der Waals surface area contributed by atoms with E-state index in [4.69, 9.17) is 4.74 Å². The van der Waals surface area contributed by atoms with E-state index in [9.17, 15) is 4.79 Å². The van der Waals surface area contributed by atoms with Crippen LogP contribution in [-0.4, -0.2) is 32.2 Å². The first-order valence-electron chi connectivity index (χ1n) is 8.00. The van der Waals surface area contributed by atoms with E-state index in [0.29, 0.717) is 26.2 Å². The van der Waals surface area contributed by atoms with E-state index in [1.165, 1.54) is 23.2 Å². The molecule has 1 amide bonds. The third kappa shape index (κ3) is 5.05. The molecule has 0 fully saturated rings. The number of carbonyl (C=O) groups excluding carboxylic acids is 1. The van der Waals surface area contributed by atoms with Gasteiger partial charge in [0.05, 0.1) is 0 Å². The van der Waals surface area contributed by atoms with Gasteiger partial charge in [-0.15, -0.1) is 0 Å². The maximum atomic E-state index is 11.7. The van der Waals surface area contributed by atoms with Crippen LogP contribution in [0.1, 0.15) is 37.3 Å². The third-order valence-corrected chi connectivity index (χ3v) is 3.77. The average Bonchev–Trinajstić information content (AvgIpc) is 2.52. The second-order valence-corrected chi connectivity index (χ2v) is 5.38. The summed E-state index contributed by atoms with van der Waals surface area (Å²) in [5, 5.41) is 6.48. The van der Waals surface area contributed by atoms with Crippen molar-refractivity contribution in [2.75, 3.05) is 31.6 Å². The molecule has 0 unspecified atom stereocenters. The van der Waals surface area contributed by atoms with Gasteiger partial charge < -0.3 is 15.4 Å². The van der Waals surface area contributed by atoms with Gasteiger partial charge in [0.1, 0.15) is 0 Å². The molecule has 4 heteroatoms. The summed E-state index contributed by atoms with van der Waals surface area (Å²) in [7, 11) is 0. The van der Waals surface area contributed by atoms with Crippen LogP contribution in [0, 0.1) is 0 Å². The summed E-state index contributed by atoms with van der Waals surface area (Å²) < 4.78 is 5.23. The number of hydrogen-bond acceptors (Lipinski definition) is 3. The van der Waals surface area contributed by atoms with Gasteiger partial charge in [-0.2, -0.15) is 0 Å². The van der Waals surface area contributed by atoms with E-state index in [1.807, 2.05) is 6.92 Å². The Morgan fingerprint density at radius 2 is 2.33 bits per heavy atom. The topological polar surface area (TPSA) is 50.4 Å². The van der Waals surface area contributed by atoms with Crippen molar-refractivity contribution in [2.45, 2.75) is 39.0 Å². The highest BCUT2D eigenvalue weighted by molar-refractivity contribution is 5.75. The summed E-state index contributed by atoms with van der Waals surface area (Å²) in [4.78, 5) is 11.7. The minimum Gasteiger partial charge on any atom is -0.385 e. The molecular weight excluding hydrogens is 264 g/mol. The van der Waals surface area contributed by atoms with Crippen LogP contribution >= 0.6 is 0 Å². The summed E-state index contributed by atoms with van der Waals surface area (Å²) in [5.41, 5.74) is 4.00. The molecule has 1 heterocycles. The number of aryl methyl sites for hydroxylation is 1. The highest BCUT2D eigenvalue weighted by atomic mass is 16.5. The van der Waals surface area contributed by atoms with Crippen molar-refractivity contribution in [3.8, 4) is 0 Å². The van der Waals surface area contributed by atoms with Gasteiger partial charge in [-0.1, -0.05) is 18.2 Å². The minimum atomic E-state index is 0.118. The van der Waals surface area contributed by atoms with Crippen LogP contribution < -0.4 is 10.6 Å². The molecule has 0 saturated heterocycles. The molecule has 0 bridgehead atoms. The molecule has 2 rings (SSSR count). The monoisotopic (exact) mass is 290 g/mol. The Kier molecular flexibility index (Phi) is 6.54. The zero-order valence-electron chi connectivity index (χ0n) is 12.9. The molecule has 0 atom stereocenters. The molecule has 1 aromatic carbocycles. The lowest BCUT2D eigenvalue weighted by Crippen LogP contribution is -2.26. The van der Waals surface area contributed by atoms with Gasteiger partial charge >= 0.3 is 0 Å². The smallest absolute Gasteiger partial charge is 0.220 e. The first kappa shape index (κ1) is 15.8. The SMILES string of the molecule is CCOCCCC(=O)NCCc1cccc2c1NCCC2. The van der Waals surface area contributed by atoms with Crippen LogP contribution in [0.3, 0.4) is 0 Å². The van der Waals surface area contributed by atoms with Gasteiger partial charge in [-0.05, 0) is 43.7 Å². The standard InChI is InChI=1S/C17H26N2O2/c1-2-21-13-5-9-16(20)18-12-10-15-7-3-6-14-8-4-11-19-17(14)15/h3,6-7,19H,2,4-5,8-13H2,1H3,(H,18,20). The molecule has 4 nitrogen and oxygen atoms in total. The Hall–Kier alpha value is -1.55. The number of para-hydroxylation sites is 1. The highest BCUT2D eigenvalue weighted by Gasteiger charge is 2.12. The Morgan fingerprint density at radius 1 is 1.43 bits per heavy atom. The first-order valence-corrected chi connectivity index (χ1v) is 8.00. The second-order valence-electron chi connectivity index (χ2n) is 5.38. The number of nitrogens with one attached hydrogen (secondary N) is 2. The molecule has 2 N–H and O–H groups in total. The van der Waals surface area contributed by atoms with Crippen LogP contribution in [0.25, 0.3) is 0 Å². The normalized spacial score (nSPS) is 13.4. The number of rotatable bonds is 8. The number of benzene rings is 1. The van der Waals surface area contributed by atoms with Crippen molar-refractivity contribution in [3.63, 3.8) is 0 Å². The van der Waals surface area contributed by atoms with Crippen molar-refractivity contribution in [3.05, 3.63) is 29.3 Å². The Labute approximate surface area is 127 Å². The van der Waals surface area contributed by atoms with Crippen molar-refractivity contribution in [1.29, 1.82) is 0 Å². The second kappa shape index (κ2) is 8.67. The zero-order chi connectivity index (χ0) is 14.9. The van der Waals surface area contributed by atoms with E-state index in [0.717, 1.165) is 25.8 Å². The van der Waals surface area contributed by atoms with Gasteiger partial charge in [-0.3, -0.25) is 4.79 Å². The molecule has 0 aromatic heterocycles. The maximum absolute atomic E-state index is 11.7. The molecule has 1 aromatic rings. The lowest BCUT2D eigenvalue weighted by Gasteiger charge is -2.21. The number of carbonyl (C=O) groups is 1. The number of fused-ring (bicyclic) bond motifs is 1. The molecule has 0 saturated carbocycles. The Balaban J connectivity index is 1.72. The van der Waals surface area contributed by atoms with E-state index >= 15 is 0 Å². The van der Waals surface area contributed by atoms with E-state index in [2.05, 4.69) is 28.8 Å². The number of ether oxygens (including phenoxy) is 1. The van der Waals surface area contributed by atoms with Crippen molar-refractivity contribution < 1.29 is 9.53 Å². The molecule has 0 aliphatic carbocycles. The van der Waals surface area contributed by atoms with Crippen LogP contribution in [0.2, 0.25) is 0 Å². The van der Waals surface area contributed by atoms with E-state index < -0.39 is 0 Å². The number of hydrogen-bond donors (Lipinski definition) is 2. The molecule has 1 aliphatic heterocycles. The van der Waals surface area contributed by atoms with Crippen molar-refractivity contribution >= 4 is 11.6 Å². The molecule has 0 radical (unpaired) electrons. The fourth-order valence-electron chi connectivity index (χ4n) is 2.69. The first-order chi connectivity index (χ1) is 10.3. The van der Waals surface area contributed by atoms with E-state index in [1.54, 1.807) is 0 Å². The molecule has 116 valence electrons. The van der Waals surface area contributed by atoms with Gasteiger partial charge in [0.15, 0.2) is 0 Å². The van der Waals surface area contributed by atoms with Gasteiger partial charge in [0, 0.05) is 38.4 Å². The predicted octanol–water partition coefficient (Wildman–Crippen LogP) is 2.52. The Morgan fingerprint density at radius 3 is 3.19 bits per heavy atom. The van der Waals surface area contributed by atoms with Crippen LogP contribution in [0.5, 0.6) is 0 Å². The predicted molar refractivity (Wildman–Crippen MR) is 85.7 cm³/mol. The van der Waals surface area contributed by atoms with Gasteiger partial charge in [-0.25, -0.2) is 0 Å². The Bertz CT molecular complexity index is 460. The fraction of sp³-hybridized carbons (Fsp3) is 0.588. The summed E-state index contributed by atoms with van der Waals surface area (Å²) >= 11 is 0. The highest BCUT2D eigenvalue weighted by Crippen LogP contribution is 2.26. The summed E-state index contributed by atoms with van der Waals surface area (Å²) in [5.74, 6) is 0.118. The van der Waals surface area contributed by atoms with Crippen LogP contribution in [-0.2, 0) is 22.4 Å². The van der Waals surface area contributed by atoms with Crippen molar-refractivity contribution in [2.24, 2.45) is 0 Å². The average molecular weight is 290 g/mol. The van der Waals surface area contributed by atoms with E-state index in [-0.39, 0.29) is 5.91 Å². The summed E-state index contributed by atoms with van der Waals surface area (Å²) in [6, 6.07) is 6.46. The third-order valence-electron chi connectivity index (χ3n) is 3.77. The molecule has 0 spiro atoms. The van der Waals surface area contributed by atoms with Gasteiger partial charge in [0.2, 0.25) is 5.91 Å². The number of amides is 1. The van der Waals surface area contributed by atoms with Crippen molar-refractivity contribution in [1.82, 2.24) is 5.32 Å². The quantitative estimate of drug-likeness (QED) is 0.723. The summed E-state index contributed by atoms with van der Waals surface area (Å²) in [6.45, 7) is 5.10. The van der Waals surface area contributed by atoms with Crippen LogP contribution in [0.15, 0.2) is 18.2 Å². The fourth-order valence-corrected chi connectivity index (χ4v) is 2.69. The zero-order valence-corrected chi connectivity index (χ0v) is 12.9. The summed E-state index contributed by atoms with van der Waals surface area (Å²) in [6.07, 6.45) is 4.58. The maximum Gasteiger partial charge on any atom is 0.220 e. The lowest BCUT2D eigenvalue weighted by atomic mass is 9.98. The molecule has 1 aliphatic rings. The molecule has 21 heavy (non-hydrogen) atoms. The molecular formula is C17H26N2O2. The number of anilines is 1. The van der Waals surface area contributed by atoms with Crippen LogP contribution in [0.4, 0.5) is 5.69 Å². The largest absolute Gasteiger partial charge is 0.385 e. The minimum absolute atomic E-state index is 0.118.